The quantitative estimate of drug-likeness (QED) is 0.709. The fraction of sp³-hybridized carbons (Fsp3) is 0.158. The zero-order valence-electron chi connectivity index (χ0n) is 13.8. The van der Waals surface area contributed by atoms with Crippen LogP contribution >= 0.6 is 11.3 Å². The Labute approximate surface area is 150 Å². The maximum Gasteiger partial charge on any atom is 0.258 e. The summed E-state index contributed by atoms with van der Waals surface area (Å²) >= 11 is 1.37. The van der Waals surface area contributed by atoms with Crippen LogP contribution in [0, 0.1) is 0 Å². The number of aromatic nitrogens is 1. The van der Waals surface area contributed by atoms with Gasteiger partial charge in [0, 0.05) is 10.9 Å². The molecule has 2 aromatic carbocycles. The third-order valence-corrected chi connectivity index (χ3v) is 4.39. The minimum absolute atomic E-state index is 0.0617. The smallest absolute Gasteiger partial charge is 0.258 e. The first-order valence-corrected chi connectivity index (χ1v) is 8.79. The average Bonchev–Trinajstić information content (AvgIpc) is 3.07. The maximum absolute atomic E-state index is 12.2. The van der Waals surface area contributed by atoms with Crippen molar-refractivity contribution in [1.29, 1.82) is 0 Å². The van der Waals surface area contributed by atoms with E-state index in [0.717, 1.165) is 16.8 Å². The van der Waals surface area contributed by atoms with Gasteiger partial charge < -0.3 is 15.8 Å². The topological polar surface area (TPSA) is 77.2 Å². The molecule has 3 N–H and O–H groups in total. The van der Waals surface area contributed by atoms with E-state index < -0.39 is 0 Å². The van der Waals surface area contributed by atoms with Crippen LogP contribution in [0.25, 0.3) is 11.3 Å². The molecule has 0 saturated carbocycles. The SMILES string of the molecule is CC(NC(=O)COc1ccccc1-c1csc(N)n1)c1ccccc1. The van der Waals surface area contributed by atoms with Crippen molar-refractivity contribution in [2.24, 2.45) is 0 Å². The number of nitrogen functional groups attached to an aromatic ring is 1. The fourth-order valence-corrected chi connectivity index (χ4v) is 3.03. The summed E-state index contributed by atoms with van der Waals surface area (Å²) in [7, 11) is 0. The Morgan fingerprint density at radius 1 is 1.20 bits per heavy atom. The Morgan fingerprint density at radius 2 is 1.92 bits per heavy atom. The van der Waals surface area contributed by atoms with Gasteiger partial charge in [-0.3, -0.25) is 4.79 Å². The van der Waals surface area contributed by atoms with Crippen molar-refractivity contribution in [1.82, 2.24) is 10.3 Å². The fourth-order valence-electron chi connectivity index (χ4n) is 2.47. The highest BCUT2D eigenvalue weighted by Gasteiger charge is 2.13. The molecule has 1 aromatic heterocycles. The lowest BCUT2D eigenvalue weighted by molar-refractivity contribution is -0.123. The van der Waals surface area contributed by atoms with Crippen molar-refractivity contribution in [3.63, 3.8) is 0 Å². The number of thiazole rings is 1. The van der Waals surface area contributed by atoms with Crippen molar-refractivity contribution < 1.29 is 9.53 Å². The van der Waals surface area contributed by atoms with Crippen molar-refractivity contribution in [2.75, 3.05) is 12.3 Å². The van der Waals surface area contributed by atoms with Crippen LogP contribution in [-0.4, -0.2) is 17.5 Å². The van der Waals surface area contributed by atoms with E-state index >= 15 is 0 Å². The molecule has 0 spiro atoms. The molecule has 0 aliphatic carbocycles. The van der Waals surface area contributed by atoms with Crippen LogP contribution in [-0.2, 0) is 4.79 Å². The highest BCUT2D eigenvalue weighted by atomic mass is 32.1. The second-order valence-electron chi connectivity index (χ2n) is 5.56. The number of carbonyl (C=O) groups excluding carboxylic acids is 1. The van der Waals surface area contributed by atoms with Gasteiger partial charge in [0.05, 0.1) is 11.7 Å². The van der Waals surface area contributed by atoms with Gasteiger partial charge in [0.1, 0.15) is 5.75 Å². The van der Waals surface area contributed by atoms with Crippen LogP contribution < -0.4 is 15.8 Å². The van der Waals surface area contributed by atoms with E-state index in [1.54, 1.807) is 0 Å². The van der Waals surface area contributed by atoms with Gasteiger partial charge in [-0.15, -0.1) is 11.3 Å². The molecular weight excluding hydrogens is 334 g/mol. The predicted molar refractivity (Wildman–Crippen MR) is 100 cm³/mol. The Bertz CT molecular complexity index is 849. The lowest BCUT2D eigenvalue weighted by atomic mass is 10.1. The molecule has 3 rings (SSSR count). The number of nitrogens with two attached hydrogens (primary N) is 1. The molecule has 0 fully saturated rings. The number of anilines is 1. The van der Waals surface area contributed by atoms with E-state index in [0.29, 0.717) is 10.9 Å². The number of ether oxygens (including phenoxy) is 1. The van der Waals surface area contributed by atoms with E-state index in [1.165, 1.54) is 11.3 Å². The Kier molecular flexibility index (Phi) is 5.30. The Morgan fingerprint density at radius 3 is 2.64 bits per heavy atom. The second-order valence-corrected chi connectivity index (χ2v) is 6.45. The van der Waals surface area contributed by atoms with Gasteiger partial charge in [-0.2, -0.15) is 0 Å². The monoisotopic (exact) mass is 353 g/mol. The van der Waals surface area contributed by atoms with Crippen LogP contribution in [0.1, 0.15) is 18.5 Å². The van der Waals surface area contributed by atoms with Crippen molar-refractivity contribution in [2.45, 2.75) is 13.0 Å². The van der Waals surface area contributed by atoms with Crippen LogP contribution in [0.5, 0.6) is 5.75 Å². The van der Waals surface area contributed by atoms with Gasteiger partial charge >= 0.3 is 0 Å². The molecule has 128 valence electrons. The molecule has 25 heavy (non-hydrogen) atoms. The highest BCUT2D eigenvalue weighted by molar-refractivity contribution is 7.13. The number of rotatable bonds is 6. The lowest BCUT2D eigenvalue weighted by Crippen LogP contribution is -2.31. The number of benzene rings is 2. The molecule has 5 nitrogen and oxygen atoms in total. The predicted octanol–water partition coefficient (Wildman–Crippen LogP) is 3.65. The normalized spacial score (nSPS) is 11.7. The van der Waals surface area contributed by atoms with E-state index in [-0.39, 0.29) is 18.6 Å². The van der Waals surface area contributed by atoms with Crippen LogP contribution in [0.4, 0.5) is 5.13 Å². The number of para-hydroxylation sites is 1. The molecule has 1 amide bonds. The third-order valence-electron chi connectivity index (χ3n) is 3.72. The van der Waals surface area contributed by atoms with Gasteiger partial charge in [-0.25, -0.2) is 4.98 Å². The van der Waals surface area contributed by atoms with Gasteiger partial charge in [0.15, 0.2) is 11.7 Å². The minimum atomic E-state index is -0.177. The van der Waals surface area contributed by atoms with Crippen molar-refractivity contribution in [3.05, 3.63) is 65.5 Å². The van der Waals surface area contributed by atoms with E-state index in [9.17, 15) is 4.79 Å². The second kappa shape index (κ2) is 7.81. The molecule has 1 atom stereocenters. The summed E-state index contributed by atoms with van der Waals surface area (Å²) in [5.41, 5.74) is 8.32. The summed E-state index contributed by atoms with van der Waals surface area (Å²) < 4.78 is 5.71. The zero-order chi connectivity index (χ0) is 17.6. The van der Waals surface area contributed by atoms with Crippen LogP contribution in [0.15, 0.2) is 60.0 Å². The standard InChI is InChI=1S/C19H19N3O2S/c1-13(14-7-3-2-4-8-14)21-18(23)11-24-17-10-6-5-9-15(17)16-12-25-19(20)22-16/h2-10,12-13H,11H2,1H3,(H2,20,22)(H,21,23). The first-order valence-electron chi connectivity index (χ1n) is 7.91. The summed E-state index contributed by atoms with van der Waals surface area (Å²) in [5.74, 6) is 0.430. The molecule has 0 aliphatic heterocycles. The molecule has 0 radical (unpaired) electrons. The van der Waals surface area contributed by atoms with Crippen LogP contribution in [0.2, 0.25) is 0 Å². The molecule has 0 aliphatic rings. The van der Waals surface area contributed by atoms with Gasteiger partial charge in [-0.1, -0.05) is 42.5 Å². The zero-order valence-corrected chi connectivity index (χ0v) is 14.6. The van der Waals surface area contributed by atoms with Crippen molar-refractivity contribution in [3.8, 4) is 17.0 Å². The number of nitrogens with zero attached hydrogens (tertiary/aromatic N) is 1. The maximum atomic E-state index is 12.2. The first-order chi connectivity index (χ1) is 12.1. The number of amides is 1. The van der Waals surface area contributed by atoms with Crippen molar-refractivity contribution >= 4 is 22.4 Å². The van der Waals surface area contributed by atoms with Crippen LogP contribution in [0.3, 0.4) is 0 Å². The Hall–Kier alpha value is -2.86. The summed E-state index contributed by atoms with van der Waals surface area (Å²) in [6.45, 7) is 1.88. The number of hydrogen-bond acceptors (Lipinski definition) is 5. The summed E-state index contributed by atoms with van der Waals surface area (Å²) in [6, 6.07) is 17.2. The molecule has 3 aromatic rings. The third kappa shape index (κ3) is 4.36. The summed E-state index contributed by atoms with van der Waals surface area (Å²) in [6.07, 6.45) is 0. The van der Waals surface area contributed by atoms with E-state index in [1.807, 2.05) is 66.9 Å². The largest absolute Gasteiger partial charge is 0.483 e. The average molecular weight is 353 g/mol. The minimum Gasteiger partial charge on any atom is -0.483 e. The summed E-state index contributed by atoms with van der Waals surface area (Å²) in [4.78, 5) is 16.5. The number of carbonyl (C=O) groups is 1. The highest BCUT2D eigenvalue weighted by Crippen LogP contribution is 2.31. The van der Waals surface area contributed by atoms with E-state index in [2.05, 4.69) is 10.3 Å². The Balaban J connectivity index is 1.63. The molecule has 6 heteroatoms. The first kappa shape index (κ1) is 17.0. The molecule has 1 unspecified atom stereocenters. The van der Waals surface area contributed by atoms with E-state index in [4.69, 9.17) is 10.5 Å². The number of nitrogens with one attached hydrogen (secondary N) is 1. The lowest BCUT2D eigenvalue weighted by Gasteiger charge is -2.15. The molecule has 0 saturated heterocycles. The molecule has 0 bridgehead atoms. The molecular formula is C19H19N3O2S. The summed E-state index contributed by atoms with van der Waals surface area (Å²) in [5, 5.41) is 5.30. The number of hydrogen-bond donors (Lipinski definition) is 2. The molecule has 1 heterocycles. The van der Waals surface area contributed by atoms with Gasteiger partial charge in [0.25, 0.3) is 5.91 Å². The van der Waals surface area contributed by atoms with Gasteiger partial charge in [0.2, 0.25) is 0 Å². The van der Waals surface area contributed by atoms with Gasteiger partial charge in [-0.05, 0) is 24.6 Å².